The average Bonchev–Trinajstić information content (AvgIpc) is 3.82. The number of hydrogen-bond acceptors (Lipinski definition) is 7. The average molecular weight is 918 g/mol. The van der Waals surface area contributed by atoms with Gasteiger partial charge in [-0.1, -0.05) is 119 Å². The standard InChI is InChI=1S/C53H71N5O7Si/c1-7-53(6)51(64)55-44(37-40-30-28-39(29-31-40)32-33-47(60)57-34-18-11-19-35-57)50(63)58-36-20-26-45(58)49(62)54-43(48(61)56-53)25-16-10-17-27-46(59)38(2)65-66(52(3,4)5,41-21-12-8-13-22-41)42-23-14-9-15-24-42/h8-9,12-15,17,21-24,27-31,38,43-45H,7,10-11,16,18-20,25-26,32-37H2,1-6H3,(H,54,62)(H,55,64)(H,56,61)/b27-17+/t38-,43-,44-,45+,53-/m0/s1. The van der Waals surface area contributed by atoms with Crippen LogP contribution in [0.5, 0.6) is 0 Å². The zero-order valence-electron chi connectivity index (χ0n) is 39.9. The number of allylic oxidation sites excluding steroid dienone is 1. The van der Waals surface area contributed by atoms with Gasteiger partial charge in [-0.25, -0.2) is 0 Å². The Labute approximate surface area is 392 Å². The molecule has 3 heterocycles. The van der Waals surface area contributed by atoms with E-state index in [2.05, 4.69) is 61.0 Å². The van der Waals surface area contributed by atoms with Gasteiger partial charge in [0.05, 0.1) is 0 Å². The van der Waals surface area contributed by atoms with E-state index < -0.39 is 55.8 Å². The summed E-state index contributed by atoms with van der Waals surface area (Å²) >= 11 is 0. The van der Waals surface area contributed by atoms with Crippen LogP contribution in [0.1, 0.15) is 117 Å². The molecule has 3 aliphatic heterocycles. The highest BCUT2D eigenvalue weighted by Gasteiger charge is 2.51. The van der Waals surface area contributed by atoms with E-state index in [1.165, 1.54) is 6.42 Å². The summed E-state index contributed by atoms with van der Waals surface area (Å²) in [5.41, 5.74) is 0.466. The van der Waals surface area contributed by atoms with Crippen LogP contribution in [-0.2, 0) is 46.0 Å². The molecule has 0 radical (unpaired) electrons. The van der Waals surface area contributed by atoms with Gasteiger partial charge in [0.25, 0.3) is 8.32 Å². The van der Waals surface area contributed by atoms with Crippen molar-refractivity contribution in [2.75, 3.05) is 19.6 Å². The van der Waals surface area contributed by atoms with Crippen LogP contribution in [0.15, 0.2) is 97.1 Å². The van der Waals surface area contributed by atoms with Gasteiger partial charge in [0.1, 0.15) is 29.8 Å². The lowest BCUT2D eigenvalue weighted by Gasteiger charge is -2.44. The molecule has 66 heavy (non-hydrogen) atoms. The SMILES string of the molecule is CC[C@]1(C)NC(=O)[C@H](CCC/C=C/C(=O)[C@H](C)O[Si](c2ccccc2)(c2ccccc2)C(C)(C)C)NC(=O)[C@H]2CCCN2C(=O)[C@H](Cc2ccc(CCC(=O)N3CCCCC3)cc2)NC1=O. The van der Waals surface area contributed by atoms with Gasteiger partial charge in [-0.3, -0.25) is 28.8 Å². The molecule has 3 N–H and O–H groups in total. The maximum absolute atomic E-state index is 14.4. The molecule has 12 nitrogen and oxygen atoms in total. The van der Waals surface area contributed by atoms with Crippen molar-refractivity contribution in [3.05, 3.63) is 108 Å². The number of aryl methyl sites for hydroxylation is 1. The summed E-state index contributed by atoms with van der Waals surface area (Å²) in [7, 11) is -2.96. The van der Waals surface area contributed by atoms with Gasteiger partial charge in [-0.2, -0.15) is 0 Å². The molecule has 5 atom stereocenters. The van der Waals surface area contributed by atoms with Crippen molar-refractivity contribution in [2.45, 2.75) is 153 Å². The van der Waals surface area contributed by atoms with Crippen molar-refractivity contribution in [2.24, 2.45) is 0 Å². The minimum Gasteiger partial charge on any atom is -0.397 e. The minimum absolute atomic E-state index is 0.165. The van der Waals surface area contributed by atoms with E-state index in [0.717, 1.165) is 47.4 Å². The Morgan fingerprint density at radius 2 is 1.44 bits per heavy atom. The van der Waals surface area contributed by atoms with Crippen LogP contribution in [0.4, 0.5) is 0 Å². The Balaban J connectivity index is 1.10. The van der Waals surface area contributed by atoms with Gasteiger partial charge in [0, 0.05) is 32.5 Å². The number of likely N-dealkylation sites (tertiary alicyclic amines) is 1. The first kappa shape index (κ1) is 50.0. The molecule has 0 aromatic heterocycles. The number of nitrogens with zero attached hydrogens (tertiary/aromatic N) is 2. The number of carbonyl (C=O) groups excluding carboxylic acids is 6. The third-order valence-electron chi connectivity index (χ3n) is 13.8. The largest absolute Gasteiger partial charge is 0.397 e. The normalized spacial score (nSPS) is 22.7. The Bertz CT molecular complexity index is 2150. The predicted octanol–water partition coefficient (Wildman–Crippen LogP) is 5.69. The predicted molar refractivity (Wildman–Crippen MR) is 260 cm³/mol. The Morgan fingerprint density at radius 3 is 2.05 bits per heavy atom. The number of carbonyl (C=O) groups is 6. The van der Waals surface area contributed by atoms with E-state index in [1.54, 1.807) is 37.8 Å². The molecule has 0 unspecified atom stereocenters. The summed E-state index contributed by atoms with van der Waals surface area (Å²) in [6.07, 6.45) is 9.58. The second-order valence-electron chi connectivity index (χ2n) is 19.6. The van der Waals surface area contributed by atoms with Crippen LogP contribution < -0.4 is 26.3 Å². The summed E-state index contributed by atoms with van der Waals surface area (Å²) in [4.78, 5) is 86.5. The number of fused-ring (bicyclic) bond motifs is 1. The van der Waals surface area contributed by atoms with Crippen molar-refractivity contribution in [1.29, 1.82) is 0 Å². The molecule has 5 amide bonds. The Morgan fingerprint density at radius 1 is 0.818 bits per heavy atom. The van der Waals surface area contributed by atoms with Crippen molar-refractivity contribution >= 4 is 54.0 Å². The highest BCUT2D eigenvalue weighted by atomic mass is 28.4. The first-order chi connectivity index (χ1) is 31.6. The van der Waals surface area contributed by atoms with E-state index in [1.807, 2.05) is 65.6 Å². The van der Waals surface area contributed by atoms with Crippen molar-refractivity contribution < 1.29 is 33.2 Å². The number of ketones is 1. The molecule has 3 fully saturated rings. The molecule has 0 saturated carbocycles. The fourth-order valence-electron chi connectivity index (χ4n) is 9.64. The van der Waals surface area contributed by atoms with Gasteiger partial charge >= 0.3 is 0 Å². The third kappa shape index (κ3) is 11.9. The molecule has 0 aliphatic carbocycles. The van der Waals surface area contributed by atoms with Gasteiger partial charge in [0.2, 0.25) is 29.5 Å². The third-order valence-corrected chi connectivity index (χ3v) is 18.9. The lowest BCUT2D eigenvalue weighted by molar-refractivity contribution is -0.144. The second kappa shape index (κ2) is 22.4. The Kier molecular flexibility index (Phi) is 17.0. The number of amides is 5. The molecular weight excluding hydrogens is 847 g/mol. The molecular formula is C53H71N5O7Si. The molecule has 6 rings (SSSR count). The number of benzene rings is 3. The molecule has 3 saturated heterocycles. The summed E-state index contributed by atoms with van der Waals surface area (Å²) in [5.74, 6) is -1.72. The van der Waals surface area contributed by atoms with E-state index in [9.17, 15) is 28.8 Å². The van der Waals surface area contributed by atoms with Crippen LogP contribution in [0.3, 0.4) is 0 Å². The first-order valence-corrected chi connectivity index (χ1v) is 26.1. The van der Waals surface area contributed by atoms with E-state index in [4.69, 9.17) is 4.43 Å². The van der Waals surface area contributed by atoms with Gasteiger partial charge in [-0.15, -0.1) is 0 Å². The van der Waals surface area contributed by atoms with E-state index >= 15 is 0 Å². The molecule has 354 valence electrons. The maximum Gasteiger partial charge on any atom is 0.262 e. The zero-order valence-corrected chi connectivity index (χ0v) is 40.9. The molecule has 13 heteroatoms. The van der Waals surface area contributed by atoms with Crippen LogP contribution in [0.25, 0.3) is 0 Å². The van der Waals surface area contributed by atoms with Crippen LogP contribution in [0.2, 0.25) is 5.04 Å². The highest BCUT2D eigenvalue weighted by Crippen LogP contribution is 2.37. The summed E-state index contributed by atoms with van der Waals surface area (Å²) < 4.78 is 7.00. The number of nitrogens with one attached hydrogen (secondary N) is 3. The number of piperidine rings is 1. The van der Waals surface area contributed by atoms with Crippen LogP contribution in [-0.4, -0.2) is 103 Å². The summed E-state index contributed by atoms with van der Waals surface area (Å²) in [6, 6.07) is 25.4. The fraction of sp³-hybridized carbons (Fsp3) is 0.509. The highest BCUT2D eigenvalue weighted by molar-refractivity contribution is 6.99. The fourth-order valence-corrected chi connectivity index (χ4v) is 14.3. The van der Waals surface area contributed by atoms with Crippen LogP contribution >= 0.6 is 0 Å². The molecule has 0 bridgehead atoms. The van der Waals surface area contributed by atoms with Crippen molar-refractivity contribution in [3.63, 3.8) is 0 Å². The summed E-state index contributed by atoms with van der Waals surface area (Å²) in [5, 5.41) is 10.7. The smallest absolute Gasteiger partial charge is 0.262 e. The minimum atomic E-state index is -2.96. The maximum atomic E-state index is 14.4. The van der Waals surface area contributed by atoms with Crippen LogP contribution in [0, 0.1) is 0 Å². The lowest BCUT2D eigenvalue weighted by atomic mass is 9.94. The van der Waals surface area contributed by atoms with E-state index in [0.29, 0.717) is 45.1 Å². The quantitative estimate of drug-likeness (QED) is 0.0948. The van der Waals surface area contributed by atoms with Gasteiger partial charge in [0.15, 0.2) is 5.78 Å². The number of unbranched alkanes of at least 4 members (excludes halogenated alkanes) is 1. The first-order valence-electron chi connectivity index (χ1n) is 24.1. The molecule has 3 aromatic rings. The molecule has 3 aromatic carbocycles. The van der Waals surface area contributed by atoms with Gasteiger partial charge < -0.3 is 30.2 Å². The van der Waals surface area contributed by atoms with E-state index in [-0.39, 0.29) is 41.9 Å². The van der Waals surface area contributed by atoms with Crippen molar-refractivity contribution in [1.82, 2.24) is 25.8 Å². The second-order valence-corrected chi connectivity index (χ2v) is 23.8. The topological polar surface area (TPSA) is 154 Å². The van der Waals surface area contributed by atoms with Crippen molar-refractivity contribution in [3.8, 4) is 0 Å². The number of hydrogen-bond donors (Lipinski definition) is 3. The molecule has 3 aliphatic rings. The van der Waals surface area contributed by atoms with Gasteiger partial charge in [-0.05, 0) is 111 Å². The molecule has 0 spiro atoms. The number of rotatable bonds is 16. The summed E-state index contributed by atoms with van der Waals surface area (Å²) in [6.45, 7) is 13.7. The zero-order chi connectivity index (χ0) is 47.5. The lowest BCUT2D eigenvalue weighted by Crippen LogP contribution is -2.68. The Hall–Kier alpha value is -5.40. The monoisotopic (exact) mass is 918 g/mol.